The van der Waals surface area contributed by atoms with Crippen molar-refractivity contribution in [1.29, 1.82) is 0 Å². The molecule has 0 aliphatic rings. The number of aryl methyl sites for hydroxylation is 1. The van der Waals surface area contributed by atoms with Crippen molar-refractivity contribution < 1.29 is 19.4 Å². The van der Waals surface area contributed by atoms with Crippen molar-refractivity contribution >= 4 is 5.97 Å². The van der Waals surface area contributed by atoms with Gasteiger partial charge in [-0.1, -0.05) is 0 Å². The van der Waals surface area contributed by atoms with Gasteiger partial charge < -0.3 is 19.4 Å². The minimum atomic E-state index is -1.19. The molecule has 94 valence electrons. The molecule has 0 saturated heterocycles. The lowest BCUT2D eigenvalue weighted by Crippen LogP contribution is -2.25. The number of carbonyl (C=O) groups excluding carboxylic acids is 1. The summed E-state index contributed by atoms with van der Waals surface area (Å²) in [4.78, 5) is 18.7. The maximum absolute atomic E-state index is 10.6. The first-order chi connectivity index (χ1) is 8.08. The van der Waals surface area contributed by atoms with E-state index in [2.05, 4.69) is 9.97 Å². The van der Waals surface area contributed by atoms with Crippen LogP contribution in [-0.4, -0.2) is 29.2 Å². The van der Waals surface area contributed by atoms with Crippen molar-refractivity contribution in [3.05, 3.63) is 11.3 Å². The number of carboxylic acids is 1. The molecule has 17 heavy (non-hydrogen) atoms. The molecule has 0 aliphatic carbocycles. The summed E-state index contributed by atoms with van der Waals surface area (Å²) < 4.78 is 10.5. The Kier molecular flexibility index (Phi) is 4.68. The molecule has 1 rings (SSSR count). The van der Waals surface area contributed by atoms with E-state index >= 15 is 0 Å². The second kappa shape index (κ2) is 6.03. The summed E-state index contributed by atoms with van der Waals surface area (Å²) >= 11 is 0. The number of ether oxygens (including phenoxy) is 2. The smallest absolute Gasteiger partial charge is 0.319 e. The summed E-state index contributed by atoms with van der Waals surface area (Å²) in [5, 5.41) is 10.6. The predicted octanol–water partition coefficient (Wildman–Crippen LogP) is -0.125. The fourth-order valence-electron chi connectivity index (χ4n) is 1.34. The Morgan fingerprint density at radius 3 is 2.41 bits per heavy atom. The molecule has 1 heterocycles. The zero-order valence-corrected chi connectivity index (χ0v) is 10.1. The molecular formula is C11H15N2O4-. The van der Waals surface area contributed by atoms with Gasteiger partial charge in [0, 0.05) is 18.0 Å². The molecule has 0 radical (unpaired) electrons. The number of rotatable bonds is 6. The van der Waals surface area contributed by atoms with E-state index < -0.39 is 5.97 Å². The van der Waals surface area contributed by atoms with E-state index in [-0.39, 0.29) is 18.3 Å². The van der Waals surface area contributed by atoms with Gasteiger partial charge in [-0.25, -0.2) is 4.98 Å². The maximum atomic E-state index is 10.6. The van der Waals surface area contributed by atoms with Crippen LogP contribution in [0.15, 0.2) is 0 Å². The third kappa shape index (κ3) is 3.58. The van der Waals surface area contributed by atoms with Crippen molar-refractivity contribution in [2.45, 2.75) is 27.2 Å². The van der Waals surface area contributed by atoms with Crippen LogP contribution in [0.5, 0.6) is 11.9 Å². The summed E-state index contributed by atoms with van der Waals surface area (Å²) in [6.45, 7) is 6.12. The maximum Gasteiger partial charge on any atom is 0.319 e. The normalized spacial score (nSPS) is 10.1. The number of aliphatic carboxylic acids is 1. The second-order valence-corrected chi connectivity index (χ2v) is 3.29. The molecule has 0 saturated carbocycles. The number of hydrogen-bond acceptors (Lipinski definition) is 6. The van der Waals surface area contributed by atoms with E-state index in [1.54, 1.807) is 13.8 Å². The van der Waals surface area contributed by atoms with Gasteiger partial charge in [0.25, 0.3) is 0 Å². The third-order valence-corrected chi connectivity index (χ3v) is 2.03. The summed E-state index contributed by atoms with van der Waals surface area (Å²) in [7, 11) is 0. The third-order valence-electron chi connectivity index (χ3n) is 2.03. The molecule has 0 aromatic carbocycles. The van der Waals surface area contributed by atoms with Gasteiger partial charge >= 0.3 is 6.01 Å². The zero-order valence-electron chi connectivity index (χ0n) is 10.1. The summed E-state index contributed by atoms with van der Waals surface area (Å²) in [6, 6.07) is 0.190. The number of nitrogens with zero attached hydrogens (tertiary/aromatic N) is 2. The Bertz CT molecular complexity index is 407. The molecule has 0 unspecified atom stereocenters. The fourth-order valence-corrected chi connectivity index (χ4v) is 1.34. The molecule has 6 heteroatoms. The van der Waals surface area contributed by atoms with Crippen LogP contribution < -0.4 is 14.6 Å². The van der Waals surface area contributed by atoms with Crippen molar-refractivity contribution in [1.82, 2.24) is 9.97 Å². The summed E-state index contributed by atoms with van der Waals surface area (Å²) in [5.74, 6) is -0.950. The monoisotopic (exact) mass is 239 g/mol. The first-order valence-corrected chi connectivity index (χ1v) is 5.41. The summed E-state index contributed by atoms with van der Waals surface area (Å²) in [5.41, 5.74) is 0.950. The Morgan fingerprint density at radius 1 is 1.24 bits per heavy atom. The molecule has 0 aliphatic heterocycles. The van der Waals surface area contributed by atoms with Gasteiger partial charge in [0.2, 0.25) is 5.88 Å². The fraction of sp³-hybridized carbons (Fsp3) is 0.545. The van der Waals surface area contributed by atoms with Gasteiger partial charge in [-0.15, -0.1) is 0 Å². The number of carbonyl (C=O) groups is 1. The lowest BCUT2D eigenvalue weighted by atomic mass is 10.1. The van der Waals surface area contributed by atoms with Crippen LogP contribution in [0.1, 0.15) is 25.1 Å². The van der Waals surface area contributed by atoms with Crippen LogP contribution >= 0.6 is 0 Å². The van der Waals surface area contributed by atoms with Gasteiger partial charge in [-0.3, -0.25) is 0 Å². The largest absolute Gasteiger partial charge is 0.550 e. The Morgan fingerprint density at radius 2 is 1.88 bits per heavy atom. The van der Waals surface area contributed by atoms with E-state index in [1.807, 2.05) is 6.92 Å². The highest BCUT2D eigenvalue weighted by Gasteiger charge is 2.13. The number of hydrogen-bond donors (Lipinski definition) is 0. The molecule has 0 amide bonds. The van der Waals surface area contributed by atoms with Crippen molar-refractivity contribution in [3.8, 4) is 11.9 Å². The topological polar surface area (TPSA) is 84.4 Å². The predicted molar refractivity (Wildman–Crippen MR) is 57.8 cm³/mol. The van der Waals surface area contributed by atoms with E-state index in [4.69, 9.17) is 9.47 Å². The lowest BCUT2D eigenvalue weighted by Gasteiger charge is -2.13. The van der Waals surface area contributed by atoms with E-state index in [0.29, 0.717) is 24.5 Å². The van der Waals surface area contributed by atoms with E-state index in [0.717, 1.165) is 0 Å². The van der Waals surface area contributed by atoms with Gasteiger partial charge in [-0.05, 0) is 20.8 Å². The molecule has 1 aromatic heterocycles. The van der Waals surface area contributed by atoms with Crippen molar-refractivity contribution in [2.24, 2.45) is 0 Å². The molecule has 0 N–H and O–H groups in total. The standard InChI is InChI=1S/C11H16N2O4/c1-4-16-10-8(6-9(14)15)7(3)12-11(13-10)17-5-2/h4-6H2,1-3H3,(H,14,15)/p-1. The van der Waals surface area contributed by atoms with Crippen molar-refractivity contribution in [3.63, 3.8) is 0 Å². The van der Waals surface area contributed by atoms with Gasteiger partial charge in [0.1, 0.15) is 0 Å². The number of carboxylic acid groups (broad SMARTS) is 1. The SMILES string of the molecule is CCOc1nc(C)c(CC(=O)[O-])c(OCC)n1. The highest BCUT2D eigenvalue weighted by molar-refractivity contribution is 5.69. The molecule has 1 aromatic rings. The second-order valence-electron chi connectivity index (χ2n) is 3.29. The van der Waals surface area contributed by atoms with Crippen molar-refractivity contribution in [2.75, 3.05) is 13.2 Å². The Balaban J connectivity index is 3.12. The average molecular weight is 239 g/mol. The van der Waals surface area contributed by atoms with Crippen LogP contribution in [0.4, 0.5) is 0 Å². The molecule has 0 fully saturated rings. The Hall–Kier alpha value is -1.85. The van der Waals surface area contributed by atoms with Crippen LogP contribution in [0, 0.1) is 6.92 Å². The quantitative estimate of drug-likeness (QED) is 0.687. The van der Waals surface area contributed by atoms with Crippen LogP contribution in [0.3, 0.4) is 0 Å². The lowest BCUT2D eigenvalue weighted by molar-refractivity contribution is -0.304. The molecule has 0 atom stereocenters. The van der Waals surface area contributed by atoms with E-state index in [9.17, 15) is 9.90 Å². The Labute approximate surface area is 99.6 Å². The molecule has 6 nitrogen and oxygen atoms in total. The highest BCUT2D eigenvalue weighted by atomic mass is 16.5. The highest BCUT2D eigenvalue weighted by Crippen LogP contribution is 2.22. The van der Waals surface area contributed by atoms with Crippen LogP contribution in [-0.2, 0) is 11.2 Å². The van der Waals surface area contributed by atoms with Gasteiger partial charge in [0.15, 0.2) is 0 Å². The summed E-state index contributed by atoms with van der Waals surface area (Å²) in [6.07, 6.45) is -0.270. The van der Waals surface area contributed by atoms with Gasteiger partial charge in [-0.2, -0.15) is 4.98 Å². The first kappa shape index (κ1) is 13.2. The van der Waals surface area contributed by atoms with Crippen LogP contribution in [0.2, 0.25) is 0 Å². The molecular weight excluding hydrogens is 224 g/mol. The number of aromatic nitrogens is 2. The average Bonchev–Trinajstić information content (AvgIpc) is 2.23. The van der Waals surface area contributed by atoms with Crippen LogP contribution in [0.25, 0.3) is 0 Å². The van der Waals surface area contributed by atoms with E-state index in [1.165, 1.54) is 0 Å². The van der Waals surface area contributed by atoms with Gasteiger partial charge in [0.05, 0.1) is 18.9 Å². The zero-order chi connectivity index (χ0) is 12.8. The minimum Gasteiger partial charge on any atom is -0.550 e. The molecule has 0 bridgehead atoms. The minimum absolute atomic E-state index is 0.190. The first-order valence-electron chi connectivity index (χ1n) is 5.41. The molecule has 0 spiro atoms.